The van der Waals surface area contributed by atoms with Crippen LogP contribution in [-0.2, 0) is 11.8 Å². The second kappa shape index (κ2) is 5.70. The maximum absolute atomic E-state index is 2.35. The van der Waals surface area contributed by atoms with E-state index in [1.165, 1.54) is 41.5 Å². The molecule has 0 saturated carbocycles. The van der Waals surface area contributed by atoms with Gasteiger partial charge in [0.25, 0.3) is 0 Å². The normalized spacial score (nSPS) is 15.9. The first-order valence-electron chi connectivity index (χ1n) is 8.52. The maximum Gasteiger partial charge on any atom is 0.0454 e. The van der Waals surface area contributed by atoms with Gasteiger partial charge in [-0.15, -0.1) is 0 Å². The van der Waals surface area contributed by atoms with E-state index in [1.54, 1.807) is 5.56 Å². The third-order valence-corrected chi connectivity index (χ3v) is 5.38. The average molecular weight is 298 g/mol. The Labute approximate surface area is 138 Å². The highest BCUT2D eigenvalue weighted by atomic mass is 14.4. The van der Waals surface area contributed by atoms with E-state index in [9.17, 15) is 0 Å². The van der Waals surface area contributed by atoms with Crippen LogP contribution >= 0.6 is 0 Å². The molecule has 0 fully saturated rings. The molecule has 23 heavy (non-hydrogen) atoms. The summed E-state index contributed by atoms with van der Waals surface area (Å²) < 4.78 is 0. The van der Waals surface area contributed by atoms with E-state index in [1.807, 2.05) is 0 Å². The van der Waals surface area contributed by atoms with Gasteiger partial charge in [0.05, 0.1) is 0 Å². The fourth-order valence-electron chi connectivity index (χ4n) is 4.31. The summed E-state index contributed by atoms with van der Waals surface area (Å²) in [6, 6.07) is 28.9. The first kappa shape index (κ1) is 14.3. The Hall–Kier alpha value is -2.34. The SMILES string of the molecule is Cc1cccc2c1CCCC2(c1ccccc1)c1ccccc1. The zero-order valence-corrected chi connectivity index (χ0v) is 13.6. The minimum absolute atomic E-state index is 0.0118. The molecule has 0 aromatic heterocycles. The molecule has 0 unspecified atom stereocenters. The van der Waals surface area contributed by atoms with Crippen molar-refractivity contribution in [2.24, 2.45) is 0 Å². The van der Waals surface area contributed by atoms with Gasteiger partial charge < -0.3 is 0 Å². The lowest BCUT2D eigenvalue weighted by molar-refractivity contribution is 0.496. The van der Waals surface area contributed by atoms with Crippen LogP contribution in [0.4, 0.5) is 0 Å². The van der Waals surface area contributed by atoms with Gasteiger partial charge in [-0.25, -0.2) is 0 Å². The average Bonchev–Trinajstić information content (AvgIpc) is 2.63. The summed E-state index contributed by atoms with van der Waals surface area (Å²) in [5.41, 5.74) is 7.30. The minimum atomic E-state index is -0.0118. The van der Waals surface area contributed by atoms with Crippen LogP contribution in [0.5, 0.6) is 0 Å². The van der Waals surface area contributed by atoms with Gasteiger partial charge in [-0.1, -0.05) is 78.9 Å². The van der Waals surface area contributed by atoms with Gasteiger partial charge in [-0.3, -0.25) is 0 Å². The lowest BCUT2D eigenvalue weighted by Crippen LogP contribution is -2.34. The fraction of sp³-hybridized carbons (Fsp3) is 0.217. The molecule has 0 heteroatoms. The molecule has 0 bridgehead atoms. The number of rotatable bonds is 2. The molecular weight excluding hydrogens is 276 g/mol. The van der Waals surface area contributed by atoms with Gasteiger partial charge in [0, 0.05) is 5.41 Å². The van der Waals surface area contributed by atoms with Gasteiger partial charge in [0.2, 0.25) is 0 Å². The standard InChI is InChI=1S/C23H22/c1-18-10-8-16-22-21(18)15-9-17-23(22,19-11-4-2-5-12-19)20-13-6-3-7-14-20/h2-8,10-14,16H,9,15,17H2,1H3. The van der Waals surface area contributed by atoms with Gasteiger partial charge in [0.15, 0.2) is 0 Å². The number of fused-ring (bicyclic) bond motifs is 1. The van der Waals surface area contributed by atoms with Crippen molar-refractivity contribution in [2.45, 2.75) is 31.6 Å². The largest absolute Gasteiger partial charge is 0.0622 e. The van der Waals surface area contributed by atoms with Crippen LogP contribution < -0.4 is 0 Å². The van der Waals surface area contributed by atoms with E-state index < -0.39 is 0 Å². The third-order valence-electron chi connectivity index (χ3n) is 5.38. The highest BCUT2D eigenvalue weighted by Gasteiger charge is 2.39. The predicted molar refractivity (Wildman–Crippen MR) is 96.9 cm³/mol. The molecule has 0 heterocycles. The molecular formula is C23H22. The Morgan fingerprint density at radius 1 is 0.696 bits per heavy atom. The summed E-state index contributed by atoms with van der Waals surface area (Å²) in [6.07, 6.45) is 3.61. The smallest absolute Gasteiger partial charge is 0.0454 e. The molecule has 0 radical (unpaired) electrons. The molecule has 0 atom stereocenters. The Bertz CT molecular complexity index is 760. The van der Waals surface area contributed by atoms with Crippen molar-refractivity contribution in [3.8, 4) is 0 Å². The molecule has 1 aliphatic rings. The number of aryl methyl sites for hydroxylation is 1. The second-order valence-electron chi connectivity index (χ2n) is 6.59. The van der Waals surface area contributed by atoms with Crippen LogP contribution in [-0.4, -0.2) is 0 Å². The van der Waals surface area contributed by atoms with Gasteiger partial charge >= 0.3 is 0 Å². The Kier molecular flexibility index (Phi) is 3.53. The van der Waals surface area contributed by atoms with Crippen molar-refractivity contribution in [1.82, 2.24) is 0 Å². The summed E-state index contributed by atoms with van der Waals surface area (Å²) >= 11 is 0. The Balaban J connectivity index is 2.06. The number of hydrogen-bond acceptors (Lipinski definition) is 0. The molecule has 0 N–H and O–H groups in total. The zero-order chi connectivity index (χ0) is 15.7. The Morgan fingerprint density at radius 3 is 1.91 bits per heavy atom. The number of hydrogen-bond donors (Lipinski definition) is 0. The van der Waals surface area contributed by atoms with Crippen molar-refractivity contribution >= 4 is 0 Å². The van der Waals surface area contributed by atoms with Crippen molar-refractivity contribution in [3.63, 3.8) is 0 Å². The topological polar surface area (TPSA) is 0 Å². The second-order valence-corrected chi connectivity index (χ2v) is 6.59. The van der Waals surface area contributed by atoms with Crippen LogP contribution in [0.2, 0.25) is 0 Å². The molecule has 114 valence electrons. The molecule has 0 spiro atoms. The first-order chi connectivity index (χ1) is 11.3. The molecule has 0 nitrogen and oxygen atoms in total. The van der Waals surface area contributed by atoms with Crippen LogP contribution in [0.25, 0.3) is 0 Å². The lowest BCUT2D eigenvalue weighted by Gasteiger charge is -2.41. The molecule has 3 aromatic carbocycles. The minimum Gasteiger partial charge on any atom is -0.0622 e. The van der Waals surface area contributed by atoms with Crippen LogP contribution in [0, 0.1) is 6.92 Å². The summed E-state index contributed by atoms with van der Waals surface area (Å²) in [7, 11) is 0. The van der Waals surface area contributed by atoms with E-state index in [-0.39, 0.29) is 5.41 Å². The van der Waals surface area contributed by atoms with Gasteiger partial charge in [0.1, 0.15) is 0 Å². The molecule has 0 amide bonds. The maximum atomic E-state index is 2.35. The van der Waals surface area contributed by atoms with Crippen molar-refractivity contribution < 1.29 is 0 Å². The first-order valence-corrected chi connectivity index (χ1v) is 8.52. The van der Waals surface area contributed by atoms with E-state index in [0.29, 0.717) is 0 Å². The lowest BCUT2D eigenvalue weighted by atomic mass is 9.62. The highest BCUT2D eigenvalue weighted by Crippen LogP contribution is 2.48. The quantitative estimate of drug-likeness (QED) is 0.572. The third kappa shape index (κ3) is 2.21. The van der Waals surface area contributed by atoms with Crippen molar-refractivity contribution in [1.29, 1.82) is 0 Å². The van der Waals surface area contributed by atoms with Crippen LogP contribution in [0.3, 0.4) is 0 Å². The zero-order valence-electron chi connectivity index (χ0n) is 13.6. The summed E-state index contributed by atoms with van der Waals surface area (Å²) in [5, 5.41) is 0. The predicted octanol–water partition coefficient (Wildman–Crippen LogP) is 5.67. The van der Waals surface area contributed by atoms with Crippen molar-refractivity contribution in [2.75, 3.05) is 0 Å². The molecule has 4 rings (SSSR count). The molecule has 0 aliphatic heterocycles. The number of benzene rings is 3. The summed E-state index contributed by atoms with van der Waals surface area (Å²) in [5.74, 6) is 0. The monoisotopic (exact) mass is 298 g/mol. The van der Waals surface area contributed by atoms with Gasteiger partial charge in [-0.2, -0.15) is 0 Å². The van der Waals surface area contributed by atoms with Crippen LogP contribution in [0.15, 0.2) is 78.9 Å². The van der Waals surface area contributed by atoms with E-state index in [4.69, 9.17) is 0 Å². The van der Waals surface area contributed by atoms with E-state index >= 15 is 0 Å². The van der Waals surface area contributed by atoms with Gasteiger partial charge in [-0.05, 0) is 54.0 Å². The summed E-state index contributed by atoms with van der Waals surface area (Å²) in [4.78, 5) is 0. The van der Waals surface area contributed by atoms with E-state index in [0.717, 1.165) is 0 Å². The van der Waals surface area contributed by atoms with E-state index in [2.05, 4.69) is 85.8 Å². The highest BCUT2D eigenvalue weighted by molar-refractivity contribution is 5.55. The molecule has 1 aliphatic carbocycles. The fourth-order valence-corrected chi connectivity index (χ4v) is 4.31. The van der Waals surface area contributed by atoms with Crippen molar-refractivity contribution in [3.05, 3.63) is 107 Å². The Morgan fingerprint density at radius 2 is 1.30 bits per heavy atom. The van der Waals surface area contributed by atoms with Crippen LogP contribution in [0.1, 0.15) is 40.7 Å². The molecule has 0 saturated heterocycles. The summed E-state index contributed by atoms with van der Waals surface area (Å²) in [6.45, 7) is 2.25. The molecule has 3 aromatic rings.